The van der Waals surface area contributed by atoms with Gasteiger partial charge in [0, 0.05) is 51.5 Å². The van der Waals surface area contributed by atoms with E-state index in [1.54, 1.807) is 0 Å². The fourth-order valence-corrected chi connectivity index (χ4v) is 3.47. The topological polar surface area (TPSA) is 57.5 Å². The van der Waals surface area contributed by atoms with Crippen LogP contribution in [0.2, 0.25) is 0 Å². The zero-order valence-corrected chi connectivity index (χ0v) is 16.3. The number of hydrogen-bond acceptors (Lipinski definition) is 3. The molecule has 24 heavy (non-hydrogen) atoms. The summed E-state index contributed by atoms with van der Waals surface area (Å²) in [7, 11) is 3.84. The summed E-state index contributed by atoms with van der Waals surface area (Å²) in [6.45, 7) is 14.2. The van der Waals surface area contributed by atoms with Gasteiger partial charge >= 0.3 is 0 Å². The van der Waals surface area contributed by atoms with Gasteiger partial charge in [-0.1, -0.05) is 6.92 Å². The molecular formula is C18H34N6. The molecule has 2 heterocycles. The van der Waals surface area contributed by atoms with Crippen LogP contribution >= 0.6 is 0 Å². The van der Waals surface area contributed by atoms with Crippen LogP contribution in [0.5, 0.6) is 0 Å². The lowest BCUT2D eigenvalue weighted by Gasteiger charge is -2.22. The highest BCUT2D eigenvalue weighted by atomic mass is 15.3. The molecule has 1 saturated heterocycles. The van der Waals surface area contributed by atoms with Crippen LogP contribution in [0.25, 0.3) is 0 Å². The number of rotatable bonds is 5. The van der Waals surface area contributed by atoms with Crippen LogP contribution in [-0.2, 0) is 13.5 Å². The van der Waals surface area contributed by atoms with E-state index >= 15 is 0 Å². The van der Waals surface area contributed by atoms with Gasteiger partial charge in [-0.3, -0.25) is 14.6 Å². The van der Waals surface area contributed by atoms with Gasteiger partial charge in [-0.05, 0) is 45.6 Å². The highest BCUT2D eigenvalue weighted by Crippen LogP contribution is 2.18. The van der Waals surface area contributed by atoms with Gasteiger partial charge in [0.25, 0.3) is 0 Å². The van der Waals surface area contributed by atoms with E-state index < -0.39 is 0 Å². The molecule has 2 atom stereocenters. The molecule has 2 rings (SSSR count). The van der Waals surface area contributed by atoms with Crippen molar-refractivity contribution in [2.24, 2.45) is 18.0 Å². The third-order valence-corrected chi connectivity index (χ3v) is 5.24. The predicted octanol–water partition coefficient (Wildman–Crippen LogP) is 1.47. The Kier molecular flexibility index (Phi) is 6.27. The fraction of sp³-hybridized carbons (Fsp3) is 0.778. The number of nitrogens with zero attached hydrogens (tertiary/aromatic N) is 4. The lowest BCUT2D eigenvalue weighted by Crippen LogP contribution is -2.47. The summed E-state index contributed by atoms with van der Waals surface area (Å²) < 4.78 is 1.96. The Balaban J connectivity index is 1.85. The first-order valence-corrected chi connectivity index (χ1v) is 9.03. The minimum Gasteiger partial charge on any atom is -0.356 e. The van der Waals surface area contributed by atoms with Gasteiger partial charge in [0.05, 0.1) is 5.69 Å². The van der Waals surface area contributed by atoms with Crippen LogP contribution in [0.15, 0.2) is 4.99 Å². The number of aryl methyl sites for hydroxylation is 2. The summed E-state index contributed by atoms with van der Waals surface area (Å²) in [5, 5.41) is 11.5. The number of guanidine groups is 1. The van der Waals surface area contributed by atoms with E-state index in [0.29, 0.717) is 18.0 Å². The van der Waals surface area contributed by atoms with Crippen molar-refractivity contribution in [2.45, 2.75) is 53.1 Å². The zero-order valence-electron chi connectivity index (χ0n) is 16.3. The molecule has 0 spiro atoms. The quantitative estimate of drug-likeness (QED) is 0.632. The molecule has 0 amide bonds. The smallest absolute Gasteiger partial charge is 0.191 e. The van der Waals surface area contributed by atoms with Gasteiger partial charge in [-0.15, -0.1) is 0 Å². The van der Waals surface area contributed by atoms with Crippen molar-refractivity contribution < 1.29 is 0 Å². The molecule has 1 aromatic heterocycles. The summed E-state index contributed by atoms with van der Waals surface area (Å²) >= 11 is 0. The molecular weight excluding hydrogens is 300 g/mol. The Morgan fingerprint density at radius 3 is 2.54 bits per heavy atom. The van der Waals surface area contributed by atoms with Crippen LogP contribution in [0.4, 0.5) is 0 Å². The summed E-state index contributed by atoms with van der Waals surface area (Å²) in [5.74, 6) is 1.53. The standard InChI is InChI=1S/C18H34N6/c1-12(2)24-10-13(3)17(11-24)21-18(19-6)20-9-8-16-14(4)22-23(7)15(16)5/h12-13,17H,8-11H2,1-7H3,(H2,19,20,21). The molecule has 1 aliphatic rings. The average molecular weight is 335 g/mol. The minimum atomic E-state index is 0.459. The fourth-order valence-electron chi connectivity index (χ4n) is 3.47. The van der Waals surface area contributed by atoms with E-state index in [0.717, 1.165) is 37.7 Å². The number of likely N-dealkylation sites (tertiary alicyclic amines) is 1. The Morgan fingerprint density at radius 1 is 1.33 bits per heavy atom. The normalized spacial score (nSPS) is 22.4. The molecule has 0 bridgehead atoms. The van der Waals surface area contributed by atoms with Crippen LogP contribution in [0.3, 0.4) is 0 Å². The molecule has 0 aliphatic carbocycles. The first kappa shape index (κ1) is 18.8. The first-order valence-electron chi connectivity index (χ1n) is 9.03. The Hall–Kier alpha value is -1.56. The summed E-state index contributed by atoms with van der Waals surface area (Å²) in [6.07, 6.45) is 0.963. The molecule has 1 aromatic rings. The first-order chi connectivity index (χ1) is 11.3. The molecule has 2 N–H and O–H groups in total. The average Bonchev–Trinajstić information content (AvgIpc) is 3.00. The van der Waals surface area contributed by atoms with Gasteiger partial charge < -0.3 is 10.6 Å². The van der Waals surface area contributed by atoms with Crippen molar-refractivity contribution in [2.75, 3.05) is 26.7 Å². The van der Waals surface area contributed by atoms with Gasteiger partial charge in [-0.25, -0.2) is 0 Å². The molecule has 0 aromatic carbocycles. The van der Waals surface area contributed by atoms with E-state index in [-0.39, 0.29) is 0 Å². The highest BCUT2D eigenvalue weighted by Gasteiger charge is 2.31. The van der Waals surface area contributed by atoms with Crippen LogP contribution in [0.1, 0.15) is 37.7 Å². The predicted molar refractivity (Wildman–Crippen MR) is 101 cm³/mol. The Labute approximate surface area is 146 Å². The van der Waals surface area contributed by atoms with Crippen LogP contribution in [-0.4, -0.2) is 59.4 Å². The van der Waals surface area contributed by atoms with E-state index in [1.807, 2.05) is 18.8 Å². The van der Waals surface area contributed by atoms with Crippen molar-refractivity contribution in [1.29, 1.82) is 0 Å². The van der Waals surface area contributed by atoms with Crippen LogP contribution < -0.4 is 10.6 Å². The maximum Gasteiger partial charge on any atom is 0.191 e. The monoisotopic (exact) mass is 334 g/mol. The molecule has 2 unspecified atom stereocenters. The van der Waals surface area contributed by atoms with E-state index in [1.165, 1.54) is 11.3 Å². The maximum atomic E-state index is 4.48. The molecule has 1 aliphatic heterocycles. The van der Waals surface area contributed by atoms with Gasteiger partial charge in [-0.2, -0.15) is 5.10 Å². The highest BCUT2D eigenvalue weighted by molar-refractivity contribution is 5.80. The number of hydrogen-bond donors (Lipinski definition) is 2. The lowest BCUT2D eigenvalue weighted by molar-refractivity contribution is 0.265. The van der Waals surface area contributed by atoms with E-state index in [4.69, 9.17) is 0 Å². The summed E-state index contributed by atoms with van der Waals surface area (Å²) in [4.78, 5) is 6.92. The second-order valence-electron chi connectivity index (χ2n) is 7.30. The van der Waals surface area contributed by atoms with Crippen molar-refractivity contribution in [3.63, 3.8) is 0 Å². The van der Waals surface area contributed by atoms with Gasteiger partial charge in [0.15, 0.2) is 5.96 Å². The number of aromatic nitrogens is 2. The Morgan fingerprint density at radius 2 is 2.04 bits per heavy atom. The molecule has 6 nitrogen and oxygen atoms in total. The second-order valence-corrected chi connectivity index (χ2v) is 7.30. The molecule has 0 saturated carbocycles. The SMILES string of the molecule is CN=C(NCCc1c(C)nn(C)c1C)NC1CN(C(C)C)CC1C. The third-order valence-electron chi connectivity index (χ3n) is 5.24. The third kappa shape index (κ3) is 4.29. The van der Waals surface area contributed by atoms with Crippen molar-refractivity contribution in [3.05, 3.63) is 17.0 Å². The number of aliphatic imine (C=N–C) groups is 1. The largest absolute Gasteiger partial charge is 0.356 e. The second kappa shape index (κ2) is 8.01. The van der Waals surface area contributed by atoms with Crippen molar-refractivity contribution in [3.8, 4) is 0 Å². The Bertz CT molecular complexity index is 574. The van der Waals surface area contributed by atoms with Gasteiger partial charge in [0.1, 0.15) is 0 Å². The lowest BCUT2D eigenvalue weighted by atomic mass is 10.1. The maximum absolute atomic E-state index is 4.48. The zero-order chi connectivity index (χ0) is 17.9. The number of nitrogens with one attached hydrogen (secondary N) is 2. The van der Waals surface area contributed by atoms with Crippen molar-refractivity contribution >= 4 is 5.96 Å². The molecule has 0 radical (unpaired) electrons. The van der Waals surface area contributed by atoms with E-state index in [9.17, 15) is 0 Å². The molecule has 6 heteroatoms. The summed E-state index contributed by atoms with van der Waals surface area (Å²) in [5.41, 5.74) is 3.70. The molecule has 1 fully saturated rings. The van der Waals surface area contributed by atoms with Gasteiger partial charge in [0.2, 0.25) is 0 Å². The molecule has 136 valence electrons. The summed E-state index contributed by atoms with van der Waals surface area (Å²) in [6, 6.07) is 1.06. The van der Waals surface area contributed by atoms with Crippen LogP contribution in [0, 0.1) is 19.8 Å². The minimum absolute atomic E-state index is 0.459. The van der Waals surface area contributed by atoms with Crippen molar-refractivity contribution in [1.82, 2.24) is 25.3 Å². The van der Waals surface area contributed by atoms with E-state index in [2.05, 4.69) is 60.2 Å².